The van der Waals surface area contributed by atoms with E-state index in [0.29, 0.717) is 6.42 Å². The summed E-state index contributed by atoms with van der Waals surface area (Å²) in [4.78, 5) is 40.8. The number of nitrogens with one attached hydrogen (secondary N) is 2. The summed E-state index contributed by atoms with van der Waals surface area (Å²) in [5.74, 6) is -0.519. The molecule has 132 valence electrons. The Balaban J connectivity index is 1.53. The lowest BCUT2D eigenvalue weighted by molar-refractivity contribution is -0.139. The van der Waals surface area contributed by atoms with Gasteiger partial charge in [-0.25, -0.2) is 4.79 Å². The SMILES string of the molecule is CN(C(=O)CN1C(=O)NC2(CCc3ccccc32)C1=O)C1CCNC1. The molecule has 2 aliphatic heterocycles. The number of imide groups is 1. The lowest BCUT2D eigenvalue weighted by atomic mass is 9.92. The normalized spacial score (nSPS) is 27.7. The summed E-state index contributed by atoms with van der Waals surface area (Å²) >= 11 is 0. The fraction of sp³-hybridized carbons (Fsp3) is 0.500. The average Bonchev–Trinajstić information content (AvgIpc) is 3.32. The first kappa shape index (κ1) is 16.1. The smallest absolute Gasteiger partial charge is 0.325 e. The molecule has 1 aliphatic carbocycles. The maximum absolute atomic E-state index is 13.0. The molecule has 0 radical (unpaired) electrons. The maximum Gasteiger partial charge on any atom is 0.325 e. The molecule has 0 saturated carbocycles. The monoisotopic (exact) mass is 342 g/mol. The van der Waals surface area contributed by atoms with E-state index in [2.05, 4.69) is 10.6 Å². The topological polar surface area (TPSA) is 81.8 Å². The summed E-state index contributed by atoms with van der Waals surface area (Å²) in [6, 6.07) is 7.33. The third-order valence-corrected chi connectivity index (χ3v) is 5.69. The van der Waals surface area contributed by atoms with Crippen LogP contribution in [0.5, 0.6) is 0 Å². The van der Waals surface area contributed by atoms with E-state index >= 15 is 0 Å². The third kappa shape index (κ3) is 2.41. The zero-order valence-electron chi connectivity index (χ0n) is 14.2. The number of benzene rings is 1. The number of urea groups is 1. The van der Waals surface area contributed by atoms with Crippen molar-refractivity contribution in [3.63, 3.8) is 0 Å². The minimum atomic E-state index is -0.999. The molecule has 0 bridgehead atoms. The number of hydrogen-bond donors (Lipinski definition) is 2. The van der Waals surface area contributed by atoms with E-state index in [9.17, 15) is 14.4 Å². The van der Waals surface area contributed by atoms with Crippen LogP contribution in [0.3, 0.4) is 0 Å². The van der Waals surface area contributed by atoms with Crippen molar-refractivity contribution in [1.29, 1.82) is 0 Å². The predicted octanol–water partition coefficient (Wildman–Crippen LogP) is 0.200. The number of aryl methyl sites for hydroxylation is 1. The second-order valence-electron chi connectivity index (χ2n) is 7.04. The lowest BCUT2D eigenvalue weighted by Gasteiger charge is -2.26. The van der Waals surface area contributed by atoms with Gasteiger partial charge in [0.15, 0.2) is 0 Å². The van der Waals surface area contributed by atoms with Crippen LogP contribution in [0.4, 0.5) is 4.79 Å². The van der Waals surface area contributed by atoms with Crippen molar-refractivity contribution in [2.45, 2.75) is 30.8 Å². The molecule has 2 unspecified atom stereocenters. The van der Waals surface area contributed by atoms with Gasteiger partial charge in [-0.2, -0.15) is 0 Å². The lowest BCUT2D eigenvalue weighted by Crippen LogP contribution is -2.47. The Kier molecular flexibility index (Phi) is 3.76. The molecule has 2 N–H and O–H groups in total. The van der Waals surface area contributed by atoms with Gasteiger partial charge in [-0.05, 0) is 36.9 Å². The van der Waals surface area contributed by atoms with Crippen LogP contribution < -0.4 is 10.6 Å². The number of carbonyl (C=O) groups excluding carboxylic acids is 3. The molecule has 2 atom stereocenters. The second kappa shape index (κ2) is 5.84. The number of likely N-dealkylation sites (N-methyl/N-ethyl adjacent to an activating group) is 1. The molecule has 2 saturated heterocycles. The molecule has 7 nitrogen and oxygen atoms in total. The highest BCUT2D eigenvalue weighted by molar-refractivity contribution is 6.09. The molecule has 25 heavy (non-hydrogen) atoms. The molecule has 1 spiro atoms. The Bertz CT molecular complexity index is 744. The van der Waals surface area contributed by atoms with Crippen molar-refractivity contribution in [2.75, 3.05) is 26.7 Å². The van der Waals surface area contributed by atoms with Crippen LogP contribution in [-0.4, -0.2) is 60.4 Å². The highest BCUT2D eigenvalue weighted by Crippen LogP contribution is 2.41. The average molecular weight is 342 g/mol. The number of carbonyl (C=O) groups is 3. The first-order valence-electron chi connectivity index (χ1n) is 8.72. The largest absolute Gasteiger partial charge is 0.340 e. The summed E-state index contributed by atoms with van der Waals surface area (Å²) < 4.78 is 0. The molecule has 0 aromatic heterocycles. The Morgan fingerprint density at radius 1 is 1.36 bits per heavy atom. The van der Waals surface area contributed by atoms with E-state index < -0.39 is 11.6 Å². The number of hydrogen-bond acceptors (Lipinski definition) is 4. The number of amides is 4. The summed E-state index contributed by atoms with van der Waals surface area (Å²) in [5.41, 5.74) is 0.941. The van der Waals surface area contributed by atoms with Gasteiger partial charge in [-0.15, -0.1) is 0 Å². The highest BCUT2D eigenvalue weighted by Gasteiger charge is 2.55. The van der Waals surface area contributed by atoms with Gasteiger partial charge >= 0.3 is 6.03 Å². The van der Waals surface area contributed by atoms with Gasteiger partial charge in [0.05, 0.1) is 0 Å². The summed E-state index contributed by atoms with van der Waals surface area (Å²) in [6.07, 6.45) is 2.18. The van der Waals surface area contributed by atoms with Crippen LogP contribution in [0.1, 0.15) is 24.0 Å². The summed E-state index contributed by atoms with van der Waals surface area (Å²) in [5, 5.41) is 6.07. The van der Waals surface area contributed by atoms with Crippen LogP contribution >= 0.6 is 0 Å². The molecule has 7 heteroatoms. The first-order chi connectivity index (χ1) is 12.0. The van der Waals surface area contributed by atoms with E-state index in [-0.39, 0.29) is 24.4 Å². The van der Waals surface area contributed by atoms with Gasteiger partial charge in [0, 0.05) is 19.6 Å². The first-order valence-corrected chi connectivity index (χ1v) is 8.72. The highest BCUT2D eigenvalue weighted by atomic mass is 16.2. The van der Waals surface area contributed by atoms with Gasteiger partial charge in [0.2, 0.25) is 5.91 Å². The minimum absolute atomic E-state index is 0.120. The van der Waals surface area contributed by atoms with Gasteiger partial charge in [0.25, 0.3) is 5.91 Å². The Morgan fingerprint density at radius 3 is 2.92 bits per heavy atom. The fourth-order valence-electron chi connectivity index (χ4n) is 4.15. The van der Waals surface area contributed by atoms with Crippen LogP contribution in [0.15, 0.2) is 24.3 Å². The molecular weight excluding hydrogens is 320 g/mol. The van der Waals surface area contributed by atoms with Crippen molar-refractivity contribution in [2.24, 2.45) is 0 Å². The van der Waals surface area contributed by atoms with E-state index in [1.807, 2.05) is 24.3 Å². The van der Waals surface area contributed by atoms with Crippen molar-refractivity contribution < 1.29 is 14.4 Å². The standard InChI is InChI=1S/C18H22N4O3/c1-21(13-7-9-19-10-13)15(23)11-22-16(24)18(20-17(22)25)8-6-12-4-2-3-5-14(12)18/h2-5,13,19H,6-11H2,1H3,(H,20,25). The molecular formula is C18H22N4O3. The van der Waals surface area contributed by atoms with E-state index in [0.717, 1.165) is 42.0 Å². The maximum atomic E-state index is 13.0. The van der Waals surface area contributed by atoms with E-state index in [1.54, 1.807) is 11.9 Å². The van der Waals surface area contributed by atoms with E-state index in [1.165, 1.54) is 0 Å². The minimum Gasteiger partial charge on any atom is -0.340 e. The van der Waals surface area contributed by atoms with Crippen molar-refractivity contribution in [3.8, 4) is 0 Å². The molecule has 1 aromatic carbocycles. The van der Waals surface area contributed by atoms with Crippen LogP contribution in [0, 0.1) is 0 Å². The van der Waals surface area contributed by atoms with Crippen molar-refractivity contribution in [1.82, 2.24) is 20.4 Å². The van der Waals surface area contributed by atoms with Crippen LogP contribution in [-0.2, 0) is 21.5 Å². The van der Waals surface area contributed by atoms with Gasteiger partial charge in [-0.1, -0.05) is 24.3 Å². The van der Waals surface area contributed by atoms with Crippen molar-refractivity contribution in [3.05, 3.63) is 35.4 Å². The number of fused-ring (bicyclic) bond motifs is 2. The fourth-order valence-corrected chi connectivity index (χ4v) is 4.15. The number of nitrogens with zero attached hydrogens (tertiary/aromatic N) is 2. The Hall–Kier alpha value is -2.41. The zero-order chi connectivity index (χ0) is 17.6. The molecule has 1 aromatic rings. The zero-order valence-corrected chi connectivity index (χ0v) is 14.2. The third-order valence-electron chi connectivity index (χ3n) is 5.69. The molecule has 4 rings (SSSR count). The molecule has 4 amide bonds. The molecule has 2 fully saturated rings. The van der Waals surface area contributed by atoms with E-state index in [4.69, 9.17) is 0 Å². The summed E-state index contributed by atoms with van der Waals surface area (Å²) in [6.45, 7) is 1.42. The Labute approximate surface area is 146 Å². The van der Waals surface area contributed by atoms with Crippen molar-refractivity contribution >= 4 is 17.8 Å². The predicted molar refractivity (Wildman–Crippen MR) is 90.7 cm³/mol. The van der Waals surface area contributed by atoms with Gasteiger partial charge in [0.1, 0.15) is 12.1 Å². The Morgan fingerprint density at radius 2 is 2.16 bits per heavy atom. The quantitative estimate of drug-likeness (QED) is 0.769. The van der Waals surface area contributed by atoms with Gasteiger partial charge < -0.3 is 15.5 Å². The summed E-state index contributed by atoms with van der Waals surface area (Å²) in [7, 11) is 1.74. The second-order valence-corrected chi connectivity index (χ2v) is 7.04. The number of rotatable bonds is 3. The van der Waals surface area contributed by atoms with Gasteiger partial charge in [-0.3, -0.25) is 14.5 Å². The molecule has 2 heterocycles. The molecule has 3 aliphatic rings. The van der Waals surface area contributed by atoms with Crippen LogP contribution in [0.25, 0.3) is 0 Å². The van der Waals surface area contributed by atoms with Crippen LogP contribution in [0.2, 0.25) is 0 Å².